The minimum Gasteiger partial charge on any atom is -0.857 e. The van der Waals surface area contributed by atoms with Crippen molar-refractivity contribution in [3.05, 3.63) is 35.9 Å². The lowest BCUT2D eigenvalue weighted by atomic mass is 10.2. The van der Waals surface area contributed by atoms with Crippen molar-refractivity contribution in [1.82, 2.24) is 0 Å². The molecule has 1 heterocycles. The predicted octanol–water partition coefficient (Wildman–Crippen LogP) is 0.442. The SMILES string of the molecule is CC1C/[N+](=C/c2ccccc2)N=C1[O-]. The molecule has 1 aromatic carbocycles. The van der Waals surface area contributed by atoms with Gasteiger partial charge in [0.15, 0.2) is 6.54 Å². The Labute approximate surface area is 83.0 Å². The molecule has 0 saturated heterocycles. The van der Waals surface area contributed by atoms with Crippen LogP contribution in [0.2, 0.25) is 0 Å². The van der Waals surface area contributed by atoms with E-state index in [1.165, 1.54) is 0 Å². The van der Waals surface area contributed by atoms with Gasteiger partial charge in [0, 0.05) is 11.5 Å². The molecule has 0 radical (unpaired) electrons. The molecule has 1 aliphatic heterocycles. The lowest BCUT2D eigenvalue weighted by Gasteiger charge is -2.01. The summed E-state index contributed by atoms with van der Waals surface area (Å²) in [6.45, 7) is 2.58. The van der Waals surface area contributed by atoms with Crippen molar-refractivity contribution in [3.63, 3.8) is 0 Å². The van der Waals surface area contributed by atoms with Crippen LogP contribution in [0, 0.1) is 5.92 Å². The van der Waals surface area contributed by atoms with E-state index in [2.05, 4.69) is 5.10 Å². The van der Waals surface area contributed by atoms with Crippen LogP contribution in [0.25, 0.3) is 0 Å². The highest BCUT2D eigenvalue weighted by atomic mass is 16.3. The van der Waals surface area contributed by atoms with Crippen LogP contribution in [0.4, 0.5) is 0 Å². The van der Waals surface area contributed by atoms with Gasteiger partial charge in [-0.3, -0.25) is 0 Å². The van der Waals surface area contributed by atoms with Gasteiger partial charge in [0.1, 0.15) is 0 Å². The Balaban J connectivity index is 2.22. The van der Waals surface area contributed by atoms with E-state index < -0.39 is 0 Å². The van der Waals surface area contributed by atoms with Crippen LogP contribution in [0.1, 0.15) is 12.5 Å². The van der Waals surface area contributed by atoms with Crippen LogP contribution in [-0.2, 0) is 0 Å². The van der Waals surface area contributed by atoms with Gasteiger partial charge in [-0.05, 0) is 17.2 Å². The lowest BCUT2D eigenvalue weighted by Crippen LogP contribution is -2.23. The van der Waals surface area contributed by atoms with Gasteiger partial charge in [0.2, 0.25) is 6.21 Å². The number of hydrazone groups is 1. The molecular formula is C11H12N2O. The average Bonchev–Trinajstić information content (AvgIpc) is 2.47. The highest BCUT2D eigenvalue weighted by Crippen LogP contribution is 2.05. The van der Waals surface area contributed by atoms with Crippen LogP contribution >= 0.6 is 0 Å². The van der Waals surface area contributed by atoms with Gasteiger partial charge in [-0.1, -0.05) is 29.8 Å². The van der Waals surface area contributed by atoms with Gasteiger partial charge in [0.05, 0.1) is 5.92 Å². The molecule has 3 heteroatoms. The summed E-state index contributed by atoms with van der Waals surface area (Å²) in [6, 6.07) is 9.87. The number of hydrogen-bond acceptors (Lipinski definition) is 2. The molecule has 1 aliphatic rings. The Morgan fingerprint density at radius 2 is 2.14 bits per heavy atom. The van der Waals surface area contributed by atoms with E-state index in [0.717, 1.165) is 5.56 Å². The van der Waals surface area contributed by atoms with E-state index >= 15 is 0 Å². The summed E-state index contributed by atoms with van der Waals surface area (Å²) < 4.78 is 1.71. The third-order valence-electron chi connectivity index (χ3n) is 2.21. The van der Waals surface area contributed by atoms with Crippen molar-refractivity contribution in [1.29, 1.82) is 0 Å². The van der Waals surface area contributed by atoms with Crippen molar-refractivity contribution >= 4 is 12.1 Å². The van der Waals surface area contributed by atoms with E-state index in [4.69, 9.17) is 0 Å². The second kappa shape index (κ2) is 3.62. The number of nitrogens with zero attached hydrogens (tertiary/aromatic N) is 2. The first-order chi connectivity index (χ1) is 6.75. The predicted molar refractivity (Wildman–Crippen MR) is 53.3 cm³/mol. The summed E-state index contributed by atoms with van der Waals surface area (Å²) in [7, 11) is 0. The monoisotopic (exact) mass is 188 g/mol. The number of benzene rings is 1. The van der Waals surface area contributed by atoms with Crippen LogP contribution in [0.5, 0.6) is 0 Å². The molecule has 2 rings (SSSR count). The summed E-state index contributed by atoms with van der Waals surface area (Å²) in [4.78, 5) is 0. The quantitative estimate of drug-likeness (QED) is 0.589. The van der Waals surface area contributed by atoms with Crippen LogP contribution < -0.4 is 5.11 Å². The second-order valence-electron chi connectivity index (χ2n) is 3.50. The molecule has 0 saturated carbocycles. The molecule has 0 N–H and O–H groups in total. The summed E-state index contributed by atoms with van der Waals surface area (Å²) in [5.41, 5.74) is 1.07. The van der Waals surface area contributed by atoms with E-state index in [0.29, 0.717) is 6.54 Å². The Bertz CT molecular complexity index is 382. The maximum Gasteiger partial charge on any atom is 0.203 e. The summed E-state index contributed by atoms with van der Waals surface area (Å²) >= 11 is 0. The smallest absolute Gasteiger partial charge is 0.203 e. The highest BCUT2D eigenvalue weighted by Gasteiger charge is 2.19. The molecule has 3 nitrogen and oxygen atoms in total. The van der Waals surface area contributed by atoms with Gasteiger partial charge in [0.25, 0.3) is 0 Å². The van der Waals surface area contributed by atoms with Crippen molar-refractivity contribution in [2.45, 2.75) is 6.92 Å². The van der Waals surface area contributed by atoms with Crippen LogP contribution in [-0.4, -0.2) is 23.3 Å². The van der Waals surface area contributed by atoms with Gasteiger partial charge in [-0.2, -0.15) is 0 Å². The molecule has 0 bridgehead atoms. The fraction of sp³-hybridized carbons (Fsp3) is 0.273. The van der Waals surface area contributed by atoms with Crippen LogP contribution in [0.3, 0.4) is 0 Å². The van der Waals surface area contributed by atoms with Crippen molar-refractivity contribution in [3.8, 4) is 0 Å². The van der Waals surface area contributed by atoms with Crippen molar-refractivity contribution < 1.29 is 9.79 Å². The van der Waals surface area contributed by atoms with E-state index in [-0.39, 0.29) is 11.8 Å². The van der Waals surface area contributed by atoms with Gasteiger partial charge in [-0.15, -0.1) is 0 Å². The zero-order valence-electron chi connectivity index (χ0n) is 8.05. The molecule has 1 unspecified atom stereocenters. The zero-order chi connectivity index (χ0) is 9.97. The average molecular weight is 188 g/mol. The molecule has 0 aliphatic carbocycles. The summed E-state index contributed by atoms with van der Waals surface area (Å²) in [5.74, 6) is -0.00727. The van der Waals surface area contributed by atoms with Crippen molar-refractivity contribution in [2.24, 2.45) is 11.0 Å². The maximum atomic E-state index is 11.1. The molecule has 0 spiro atoms. The Morgan fingerprint density at radius 1 is 1.43 bits per heavy atom. The van der Waals surface area contributed by atoms with Gasteiger partial charge < -0.3 is 5.11 Å². The summed E-state index contributed by atoms with van der Waals surface area (Å²) in [6.07, 6.45) is 1.89. The Hall–Kier alpha value is -1.64. The topological polar surface area (TPSA) is 38.4 Å². The zero-order valence-corrected chi connectivity index (χ0v) is 8.05. The molecule has 1 aromatic rings. The molecule has 1 atom stereocenters. The molecule has 0 aromatic heterocycles. The molecule has 72 valence electrons. The standard InChI is InChI=1S/C11H12N2O/c1-9-7-13(12-11(9)14)8-10-5-3-2-4-6-10/h2-6,8-9H,7H2,1H3/b13-8-. The fourth-order valence-electron chi connectivity index (χ4n) is 1.42. The minimum atomic E-state index is -0.0304. The van der Waals surface area contributed by atoms with E-state index in [1.807, 2.05) is 43.5 Å². The molecule has 0 amide bonds. The number of rotatable bonds is 1. The van der Waals surface area contributed by atoms with E-state index in [1.54, 1.807) is 4.68 Å². The van der Waals surface area contributed by atoms with E-state index in [9.17, 15) is 5.11 Å². The van der Waals surface area contributed by atoms with Crippen molar-refractivity contribution in [2.75, 3.05) is 6.54 Å². The lowest BCUT2D eigenvalue weighted by molar-refractivity contribution is -0.522. The first-order valence-corrected chi connectivity index (χ1v) is 4.68. The first-order valence-electron chi connectivity index (χ1n) is 4.68. The fourth-order valence-corrected chi connectivity index (χ4v) is 1.42. The third-order valence-corrected chi connectivity index (χ3v) is 2.21. The Kier molecular flexibility index (Phi) is 2.31. The van der Waals surface area contributed by atoms with Gasteiger partial charge >= 0.3 is 0 Å². The normalized spacial score (nSPS) is 23.9. The first kappa shape index (κ1) is 8.94. The molecule has 14 heavy (non-hydrogen) atoms. The maximum absolute atomic E-state index is 11.1. The highest BCUT2D eigenvalue weighted by molar-refractivity contribution is 5.78. The molecule has 0 fully saturated rings. The molecular weight excluding hydrogens is 176 g/mol. The van der Waals surface area contributed by atoms with Crippen LogP contribution in [0.15, 0.2) is 35.4 Å². The number of hydrogen-bond donors (Lipinski definition) is 0. The second-order valence-corrected chi connectivity index (χ2v) is 3.50. The Morgan fingerprint density at radius 3 is 2.71 bits per heavy atom. The summed E-state index contributed by atoms with van der Waals surface area (Å²) in [5, 5.41) is 15.1. The minimum absolute atomic E-state index is 0.0231. The van der Waals surface area contributed by atoms with Gasteiger partial charge in [-0.25, -0.2) is 0 Å². The third kappa shape index (κ3) is 1.82. The largest absolute Gasteiger partial charge is 0.857 e.